The zero-order valence-corrected chi connectivity index (χ0v) is 26.6. The van der Waals surface area contributed by atoms with Gasteiger partial charge in [0.15, 0.2) is 0 Å². The monoisotopic (exact) mass is 632 g/mol. The van der Waals surface area contributed by atoms with Crippen LogP contribution < -0.4 is 10.7 Å². The summed E-state index contributed by atoms with van der Waals surface area (Å²) in [6.45, 7) is 0. The van der Waals surface area contributed by atoms with Crippen LogP contribution in [0.3, 0.4) is 0 Å². The summed E-state index contributed by atoms with van der Waals surface area (Å²) in [5, 5.41) is 13.1. The van der Waals surface area contributed by atoms with Crippen molar-refractivity contribution in [3.63, 3.8) is 0 Å². The van der Waals surface area contributed by atoms with E-state index in [1.165, 1.54) is 0 Å². The SMILES string of the molecule is Oc1ccccc1C1c2ccc([nH]2)/C(c2ccccc2)=C2/C=CC(=N2)/C(c2ccccc2)=c2/cc/c([nH]2)=C(\c2ccccc2)C2=NC1C=C2. The minimum absolute atomic E-state index is 0.245. The van der Waals surface area contributed by atoms with E-state index in [2.05, 4.69) is 131 Å². The van der Waals surface area contributed by atoms with Crippen LogP contribution in [0.4, 0.5) is 0 Å². The van der Waals surface area contributed by atoms with E-state index in [0.29, 0.717) is 0 Å². The lowest BCUT2D eigenvalue weighted by Gasteiger charge is -2.21. The number of rotatable bonds is 4. The zero-order valence-electron chi connectivity index (χ0n) is 26.6. The molecule has 5 heteroatoms. The molecule has 3 N–H and O–H groups in total. The molecular formula is C44H32N4O. The van der Waals surface area contributed by atoms with Crippen LogP contribution in [0, 0.1) is 0 Å². The Hall–Kier alpha value is -6.46. The Morgan fingerprint density at radius 3 is 1.76 bits per heavy atom. The number of phenols is 1. The molecule has 0 saturated heterocycles. The third-order valence-corrected chi connectivity index (χ3v) is 9.49. The van der Waals surface area contributed by atoms with Crippen LogP contribution in [0.1, 0.15) is 39.6 Å². The minimum atomic E-state index is -0.258. The van der Waals surface area contributed by atoms with E-state index in [0.717, 1.165) is 78.2 Å². The van der Waals surface area contributed by atoms with Crippen molar-refractivity contribution in [2.75, 3.05) is 0 Å². The first-order valence-electron chi connectivity index (χ1n) is 16.6. The van der Waals surface area contributed by atoms with Gasteiger partial charge in [0, 0.05) is 44.4 Å². The van der Waals surface area contributed by atoms with Crippen LogP contribution in [-0.4, -0.2) is 32.5 Å². The van der Waals surface area contributed by atoms with Gasteiger partial charge in [-0.2, -0.15) is 0 Å². The predicted molar refractivity (Wildman–Crippen MR) is 198 cm³/mol. The lowest BCUT2D eigenvalue weighted by Crippen LogP contribution is -2.21. The molecule has 2 unspecified atom stereocenters. The number of para-hydroxylation sites is 1. The average molecular weight is 633 g/mol. The van der Waals surface area contributed by atoms with Gasteiger partial charge in [0.25, 0.3) is 0 Å². The lowest BCUT2D eigenvalue weighted by atomic mass is 9.88. The van der Waals surface area contributed by atoms with Gasteiger partial charge < -0.3 is 15.1 Å². The van der Waals surface area contributed by atoms with Crippen LogP contribution in [0.25, 0.3) is 16.7 Å². The molecule has 5 heterocycles. The van der Waals surface area contributed by atoms with Gasteiger partial charge in [0.2, 0.25) is 0 Å². The summed E-state index contributed by atoms with van der Waals surface area (Å²) < 4.78 is 0. The fraction of sp³-hybridized carbons (Fsp3) is 0.0455. The molecule has 5 nitrogen and oxygen atoms in total. The van der Waals surface area contributed by atoms with Gasteiger partial charge in [0.1, 0.15) is 5.75 Å². The van der Waals surface area contributed by atoms with Gasteiger partial charge in [0.05, 0.1) is 29.1 Å². The van der Waals surface area contributed by atoms with Gasteiger partial charge in [-0.25, -0.2) is 4.99 Å². The van der Waals surface area contributed by atoms with Crippen LogP contribution in [0.15, 0.2) is 180 Å². The quantitative estimate of drug-likeness (QED) is 0.186. The first-order chi connectivity index (χ1) is 24.2. The number of nitrogens with one attached hydrogen (secondary N) is 2. The molecule has 0 saturated carbocycles. The second-order valence-electron chi connectivity index (χ2n) is 12.5. The summed E-state index contributed by atoms with van der Waals surface area (Å²) in [6, 6.07) is 47.1. The minimum Gasteiger partial charge on any atom is -0.508 e. The van der Waals surface area contributed by atoms with Crippen molar-refractivity contribution < 1.29 is 5.11 Å². The summed E-state index contributed by atoms with van der Waals surface area (Å²) in [7, 11) is 0. The number of fused-ring (bicyclic) bond motifs is 6. The maximum Gasteiger partial charge on any atom is 0.119 e. The molecule has 0 fully saturated rings. The number of allylic oxidation sites excluding steroid dienone is 3. The van der Waals surface area contributed by atoms with Crippen molar-refractivity contribution in [2.24, 2.45) is 9.98 Å². The second kappa shape index (κ2) is 12.0. The number of aromatic nitrogens is 2. The predicted octanol–water partition coefficient (Wildman–Crippen LogP) is 7.44. The first-order valence-corrected chi connectivity index (χ1v) is 16.6. The molecule has 8 bridgehead atoms. The van der Waals surface area contributed by atoms with Crippen molar-refractivity contribution in [1.82, 2.24) is 9.97 Å². The van der Waals surface area contributed by atoms with Gasteiger partial charge >= 0.3 is 0 Å². The van der Waals surface area contributed by atoms with E-state index in [1.54, 1.807) is 6.07 Å². The number of aromatic hydroxyl groups is 1. The fourth-order valence-electron chi connectivity index (χ4n) is 7.26. The van der Waals surface area contributed by atoms with Crippen LogP contribution in [0.5, 0.6) is 5.75 Å². The van der Waals surface area contributed by atoms with Gasteiger partial charge in [-0.3, -0.25) is 4.99 Å². The second-order valence-corrected chi connectivity index (χ2v) is 12.5. The van der Waals surface area contributed by atoms with E-state index in [4.69, 9.17) is 9.98 Å². The van der Waals surface area contributed by atoms with Crippen molar-refractivity contribution in [1.29, 1.82) is 0 Å². The number of benzene rings is 4. The molecule has 3 aliphatic heterocycles. The molecule has 2 atom stereocenters. The van der Waals surface area contributed by atoms with Crippen molar-refractivity contribution in [3.8, 4) is 5.75 Å². The third kappa shape index (κ3) is 5.13. The van der Waals surface area contributed by atoms with Crippen molar-refractivity contribution in [3.05, 3.63) is 214 Å². The Kier molecular flexibility index (Phi) is 7.02. The fourth-order valence-corrected chi connectivity index (χ4v) is 7.26. The Labute approximate surface area is 284 Å². The smallest absolute Gasteiger partial charge is 0.119 e. The number of hydrogen-bond acceptors (Lipinski definition) is 3. The number of aliphatic imine (C=N–C) groups is 2. The van der Waals surface area contributed by atoms with Gasteiger partial charge in [-0.15, -0.1) is 0 Å². The number of nitrogens with zero attached hydrogens (tertiary/aromatic N) is 2. The molecule has 49 heavy (non-hydrogen) atoms. The standard InChI is InChI=1S/C44H32N4O/c49-40-19-11-10-18-31(40)44-38-26-24-36(47-38)42(29-14-6-2-7-15-29)34-22-20-32(45-34)41(28-12-4-1-5-13-28)33-21-23-35(46-33)43(30-16-8-3-9-17-30)37-25-27-39(44)48-37/h1-27,38,44-45,48-49H/b41-32-,42-34-,43-35-. The van der Waals surface area contributed by atoms with Crippen LogP contribution in [-0.2, 0) is 0 Å². The molecule has 3 aliphatic rings. The Bertz CT molecular complexity index is 2490. The molecule has 2 aromatic heterocycles. The first kappa shape index (κ1) is 28.7. The molecule has 0 radical (unpaired) electrons. The largest absolute Gasteiger partial charge is 0.508 e. The molecule has 234 valence electrons. The highest BCUT2D eigenvalue weighted by Crippen LogP contribution is 2.39. The van der Waals surface area contributed by atoms with Crippen LogP contribution in [0.2, 0.25) is 0 Å². The highest BCUT2D eigenvalue weighted by atomic mass is 16.3. The highest BCUT2D eigenvalue weighted by molar-refractivity contribution is 6.31. The maximum atomic E-state index is 11.2. The Balaban J connectivity index is 1.39. The molecule has 9 rings (SSSR count). The molecule has 0 amide bonds. The molecule has 4 aromatic carbocycles. The summed E-state index contributed by atoms with van der Waals surface area (Å²) >= 11 is 0. The van der Waals surface area contributed by atoms with E-state index < -0.39 is 0 Å². The summed E-state index contributed by atoms with van der Waals surface area (Å²) in [6.07, 6.45) is 8.51. The van der Waals surface area contributed by atoms with Gasteiger partial charge in [-0.05, 0) is 65.3 Å². The number of H-pyrrole nitrogens is 2. The summed E-state index contributed by atoms with van der Waals surface area (Å²) in [4.78, 5) is 18.3. The average Bonchev–Trinajstić information content (AvgIpc) is 3.98. The topological polar surface area (TPSA) is 76.5 Å². The summed E-state index contributed by atoms with van der Waals surface area (Å²) in [5.74, 6) is -0.0129. The summed E-state index contributed by atoms with van der Waals surface area (Å²) in [5.41, 5.74) is 11.6. The van der Waals surface area contributed by atoms with Gasteiger partial charge in [-0.1, -0.05) is 115 Å². The zero-order chi connectivity index (χ0) is 32.7. The number of phenolic OH excluding ortho intramolecular Hbond substituents is 1. The third-order valence-electron chi connectivity index (χ3n) is 9.49. The van der Waals surface area contributed by atoms with E-state index in [-0.39, 0.29) is 17.7 Å². The number of hydrogen-bond donors (Lipinski definition) is 3. The van der Waals surface area contributed by atoms with E-state index >= 15 is 0 Å². The highest BCUT2D eigenvalue weighted by Gasteiger charge is 2.31. The lowest BCUT2D eigenvalue weighted by molar-refractivity contribution is 0.461. The normalized spacial score (nSPS) is 21.9. The number of aromatic amines is 2. The van der Waals surface area contributed by atoms with Crippen molar-refractivity contribution >= 4 is 28.1 Å². The molecular weight excluding hydrogens is 601 g/mol. The van der Waals surface area contributed by atoms with Crippen LogP contribution >= 0.6 is 0 Å². The maximum absolute atomic E-state index is 11.2. The van der Waals surface area contributed by atoms with Crippen molar-refractivity contribution in [2.45, 2.75) is 12.0 Å². The molecule has 0 spiro atoms. The Morgan fingerprint density at radius 2 is 1.10 bits per heavy atom. The van der Waals surface area contributed by atoms with E-state index in [1.807, 2.05) is 36.4 Å². The molecule has 0 aliphatic carbocycles. The van der Waals surface area contributed by atoms with E-state index in [9.17, 15) is 5.11 Å². The Morgan fingerprint density at radius 1 is 0.510 bits per heavy atom. The molecule has 6 aromatic rings.